The van der Waals surface area contributed by atoms with E-state index in [4.69, 9.17) is 0 Å². The Morgan fingerprint density at radius 3 is 1.89 bits per heavy atom. The van der Waals surface area contributed by atoms with E-state index in [2.05, 4.69) is 106 Å². The van der Waals surface area contributed by atoms with Gasteiger partial charge in [-0.3, -0.25) is 0 Å². The smallest absolute Gasteiger partial charge is 0.0579 e. The fourth-order valence-electron chi connectivity index (χ4n) is 2.38. The molecule has 0 nitrogen and oxygen atoms in total. The summed E-state index contributed by atoms with van der Waals surface area (Å²) >= 11 is 1.77. The summed E-state index contributed by atoms with van der Waals surface area (Å²) in [5.41, 5.74) is 2.48. The van der Waals surface area contributed by atoms with Crippen molar-refractivity contribution < 1.29 is 48.1 Å². The van der Waals surface area contributed by atoms with Crippen LogP contribution in [-0.2, 0) is 23.3 Å². The first kappa shape index (κ1) is 26.3. The third-order valence-corrected chi connectivity index (χ3v) is 10.2. The summed E-state index contributed by atoms with van der Waals surface area (Å²) < 4.78 is 0. The molecule has 0 amide bonds. The van der Waals surface area contributed by atoms with Gasteiger partial charge in [-0.1, -0.05) is 19.1 Å². The Balaban J connectivity index is 0.000000375. The maximum Gasteiger partial charge on any atom is -0.0579 e. The maximum absolute atomic E-state index is 2.38. The molecular formula is C23H26Cl2SiZr-2. The van der Waals surface area contributed by atoms with Gasteiger partial charge < -0.3 is 24.8 Å². The molecule has 0 aliphatic rings. The Morgan fingerprint density at radius 1 is 0.852 bits per heavy atom. The molecule has 4 aromatic rings. The van der Waals surface area contributed by atoms with Crippen LogP contribution >= 0.6 is 0 Å². The van der Waals surface area contributed by atoms with E-state index in [1.165, 1.54) is 27.1 Å². The van der Waals surface area contributed by atoms with Gasteiger partial charge in [0.1, 0.15) is 0 Å². The molecule has 0 unspecified atom stereocenters. The van der Waals surface area contributed by atoms with Gasteiger partial charge in [0.25, 0.3) is 0 Å². The third kappa shape index (κ3) is 8.92. The zero-order valence-corrected chi connectivity index (χ0v) is 21.3. The van der Waals surface area contributed by atoms with E-state index in [0.29, 0.717) is 0 Å². The molecule has 0 aliphatic heterocycles. The van der Waals surface area contributed by atoms with E-state index in [1.807, 2.05) is 0 Å². The van der Waals surface area contributed by atoms with Crippen LogP contribution in [0.1, 0.15) is 19.4 Å². The first-order valence-corrected chi connectivity index (χ1v) is 14.5. The van der Waals surface area contributed by atoms with Gasteiger partial charge in [0.15, 0.2) is 0 Å². The summed E-state index contributed by atoms with van der Waals surface area (Å²) in [5.74, 6) is 0. The standard InChI is InChI=1S/C10H9.C9H7.C4H10Si.2ClH.Zr/c1-8-6-9-4-2-3-5-10(9)7-8;1-2-5-9-7-3-6-8(9)4-1;1-4(2)5-3;;;/h2-7H,1H3;1-7H;4H,1-3H3;2*1H;/q2*-1;;;;+2/p-2. The Hall–Kier alpha value is -0.660. The van der Waals surface area contributed by atoms with E-state index in [-0.39, 0.29) is 30.2 Å². The van der Waals surface area contributed by atoms with Crippen molar-refractivity contribution in [1.29, 1.82) is 0 Å². The summed E-state index contributed by atoms with van der Waals surface area (Å²) in [7, 11) is 0. The summed E-state index contributed by atoms with van der Waals surface area (Å²) in [4.78, 5) is 0. The van der Waals surface area contributed by atoms with E-state index in [1.54, 1.807) is 23.3 Å². The van der Waals surface area contributed by atoms with Gasteiger partial charge in [-0.2, -0.15) is 23.6 Å². The van der Waals surface area contributed by atoms with Crippen LogP contribution in [0.5, 0.6) is 0 Å². The summed E-state index contributed by atoms with van der Waals surface area (Å²) in [5, 5.41) is 5.36. The zero-order valence-electron chi connectivity index (χ0n) is 16.3. The van der Waals surface area contributed by atoms with Crippen LogP contribution < -0.4 is 24.8 Å². The van der Waals surface area contributed by atoms with Gasteiger partial charge in [0.05, 0.1) is 0 Å². The molecule has 0 N–H and O–H groups in total. The van der Waals surface area contributed by atoms with Crippen LogP contribution in [-0.4, -0.2) is 5.43 Å². The predicted octanol–water partition coefficient (Wildman–Crippen LogP) is 0.998. The van der Waals surface area contributed by atoms with Crippen LogP contribution in [0.2, 0.25) is 12.1 Å². The zero-order chi connectivity index (χ0) is 18.2. The van der Waals surface area contributed by atoms with Crippen molar-refractivity contribution in [3.63, 3.8) is 0 Å². The number of aryl methyl sites for hydroxylation is 1. The minimum Gasteiger partial charge on any atom is -1.00 e. The number of fused-ring (bicyclic) bond motifs is 2. The third-order valence-electron chi connectivity index (χ3n) is 4.18. The second-order valence-electron chi connectivity index (χ2n) is 6.65. The largest absolute Gasteiger partial charge is 1.00 e. The predicted molar refractivity (Wildman–Crippen MR) is 111 cm³/mol. The molecule has 0 saturated carbocycles. The van der Waals surface area contributed by atoms with Crippen molar-refractivity contribution in [2.24, 2.45) is 0 Å². The average Bonchev–Trinajstić information content (AvgIpc) is 3.20. The molecule has 0 aliphatic carbocycles. The molecule has 0 aromatic heterocycles. The molecule has 4 heteroatoms. The molecule has 0 saturated heterocycles. The average molecular weight is 493 g/mol. The van der Waals surface area contributed by atoms with E-state index in [0.717, 1.165) is 5.54 Å². The SMILES string of the molecule is CC(C)[Si](C)=[Zr+2].Cc1cc2ccccc2[cH-]1.[Cl-].[Cl-].c1ccc2[cH-]ccc2c1. The van der Waals surface area contributed by atoms with Crippen molar-refractivity contribution in [2.75, 3.05) is 0 Å². The van der Waals surface area contributed by atoms with E-state index < -0.39 is 0 Å². The quantitative estimate of drug-likeness (QED) is 0.275. The number of hydrogen-bond acceptors (Lipinski definition) is 0. The van der Waals surface area contributed by atoms with Gasteiger partial charge in [-0.05, 0) is 0 Å². The Labute approximate surface area is 191 Å². The maximum atomic E-state index is 2.38. The summed E-state index contributed by atoms with van der Waals surface area (Å²) in [6, 6.07) is 27.5. The van der Waals surface area contributed by atoms with Crippen LogP contribution in [0.4, 0.5) is 0 Å². The van der Waals surface area contributed by atoms with Crippen LogP contribution in [0.15, 0.2) is 78.9 Å². The number of benzene rings is 2. The minimum absolute atomic E-state index is 0. The minimum atomic E-state index is 0. The van der Waals surface area contributed by atoms with Crippen LogP contribution in [0.3, 0.4) is 0 Å². The molecule has 27 heavy (non-hydrogen) atoms. The van der Waals surface area contributed by atoms with Gasteiger partial charge >= 0.3 is 54.7 Å². The molecule has 4 aromatic carbocycles. The summed E-state index contributed by atoms with van der Waals surface area (Å²) in [6.07, 6.45) is 0. The van der Waals surface area contributed by atoms with Gasteiger partial charge in [-0.15, -0.1) is 70.3 Å². The second kappa shape index (κ2) is 13.5. The molecule has 0 bridgehead atoms. The topological polar surface area (TPSA) is 0 Å². The first-order chi connectivity index (χ1) is 12.0. The van der Waals surface area contributed by atoms with Crippen molar-refractivity contribution >= 4 is 27.0 Å². The van der Waals surface area contributed by atoms with Crippen LogP contribution in [0.25, 0.3) is 21.5 Å². The van der Waals surface area contributed by atoms with E-state index >= 15 is 0 Å². The van der Waals surface area contributed by atoms with Gasteiger partial charge in [0, 0.05) is 0 Å². The van der Waals surface area contributed by atoms with E-state index in [9.17, 15) is 0 Å². The molecule has 0 fully saturated rings. The number of halogens is 2. The number of hydrogen-bond donors (Lipinski definition) is 0. The first-order valence-electron chi connectivity index (χ1n) is 8.75. The summed E-state index contributed by atoms with van der Waals surface area (Å²) in [6.45, 7) is 9.12. The molecule has 0 atom stereocenters. The van der Waals surface area contributed by atoms with Gasteiger partial charge in [-0.25, -0.2) is 0 Å². The van der Waals surface area contributed by atoms with Crippen molar-refractivity contribution in [3.05, 3.63) is 84.4 Å². The Morgan fingerprint density at radius 2 is 1.37 bits per heavy atom. The molecule has 142 valence electrons. The van der Waals surface area contributed by atoms with Crippen molar-refractivity contribution in [2.45, 2.75) is 32.9 Å². The van der Waals surface area contributed by atoms with Crippen molar-refractivity contribution in [3.8, 4) is 0 Å². The molecular weight excluding hydrogens is 466 g/mol. The van der Waals surface area contributed by atoms with Gasteiger partial charge in [0.2, 0.25) is 0 Å². The number of rotatable bonds is 1. The fraction of sp³-hybridized carbons (Fsp3) is 0.217. The molecule has 0 heterocycles. The normalized spacial score (nSPS) is 9.44. The molecule has 0 spiro atoms. The Bertz CT molecular complexity index is 874. The van der Waals surface area contributed by atoms with Crippen molar-refractivity contribution in [1.82, 2.24) is 0 Å². The second-order valence-corrected chi connectivity index (χ2v) is 15.0. The Kier molecular flexibility index (Phi) is 13.2. The monoisotopic (exact) mass is 490 g/mol. The molecule has 0 radical (unpaired) electrons. The fourth-order valence-corrected chi connectivity index (χ4v) is 2.38. The van der Waals surface area contributed by atoms with Crippen LogP contribution in [0, 0.1) is 6.92 Å². The molecule has 4 rings (SSSR count).